The number of hydrogen-bond acceptors (Lipinski definition) is 7. The van der Waals surface area contributed by atoms with E-state index in [-0.39, 0.29) is 11.9 Å². The monoisotopic (exact) mass is 405 g/mol. The lowest BCUT2D eigenvalue weighted by atomic mass is 10.2. The maximum absolute atomic E-state index is 12.2. The molecule has 3 heterocycles. The number of hydrogen-bond donors (Lipinski definition) is 2. The summed E-state index contributed by atoms with van der Waals surface area (Å²) in [5.74, 6) is 0.414. The van der Waals surface area contributed by atoms with Crippen molar-refractivity contribution in [3.63, 3.8) is 0 Å². The van der Waals surface area contributed by atoms with E-state index in [2.05, 4.69) is 43.0 Å². The zero-order valence-corrected chi connectivity index (χ0v) is 16.5. The van der Waals surface area contributed by atoms with Crippen LogP contribution in [0.25, 0.3) is 0 Å². The average Bonchev–Trinajstić information content (AvgIpc) is 3.41. The molecular weight excluding hydrogens is 386 g/mol. The molecule has 0 spiro atoms. The zero-order chi connectivity index (χ0) is 20.1. The smallest absolute Gasteiger partial charge is 0.259 e. The molecule has 4 aromatic rings. The molecule has 0 radical (unpaired) electrons. The van der Waals surface area contributed by atoms with E-state index in [4.69, 9.17) is 0 Å². The van der Waals surface area contributed by atoms with Gasteiger partial charge in [-0.1, -0.05) is 41.7 Å². The highest BCUT2D eigenvalue weighted by molar-refractivity contribution is 7.13. The van der Waals surface area contributed by atoms with Crippen LogP contribution < -0.4 is 10.6 Å². The topological polar surface area (TPSA) is 97.6 Å². The Labute approximate surface area is 171 Å². The van der Waals surface area contributed by atoms with E-state index in [0.29, 0.717) is 16.5 Å². The molecule has 1 unspecified atom stereocenters. The molecule has 1 aromatic carbocycles. The van der Waals surface area contributed by atoms with Gasteiger partial charge in [0.1, 0.15) is 11.3 Å². The molecule has 0 aliphatic rings. The third-order valence-corrected chi connectivity index (χ3v) is 4.92. The fourth-order valence-electron chi connectivity index (χ4n) is 2.78. The van der Waals surface area contributed by atoms with Gasteiger partial charge < -0.3 is 5.32 Å². The van der Waals surface area contributed by atoms with Gasteiger partial charge in [0.25, 0.3) is 5.91 Å². The zero-order valence-electron chi connectivity index (χ0n) is 15.7. The predicted octanol–water partition coefficient (Wildman–Crippen LogP) is 3.60. The summed E-state index contributed by atoms with van der Waals surface area (Å²) in [5.41, 5.74) is 4.27. The van der Waals surface area contributed by atoms with Gasteiger partial charge in [0.15, 0.2) is 0 Å². The van der Waals surface area contributed by atoms with E-state index in [1.807, 2.05) is 42.2 Å². The molecule has 9 heteroatoms. The Hall–Kier alpha value is -3.59. The van der Waals surface area contributed by atoms with Crippen molar-refractivity contribution in [1.29, 1.82) is 0 Å². The molecule has 4 rings (SSSR count). The maximum atomic E-state index is 12.2. The predicted molar refractivity (Wildman–Crippen MR) is 112 cm³/mol. The Morgan fingerprint density at radius 2 is 2.03 bits per heavy atom. The van der Waals surface area contributed by atoms with Crippen LogP contribution >= 0.6 is 11.3 Å². The van der Waals surface area contributed by atoms with E-state index in [1.54, 1.807) is 17.6 Å². The number of anilines is 2. The fraction of sp³-hybridized carbons (Fsp3) is 0.150. The van der Waals surface area contributed by atoms with Crippen molar-refractivity contribution in [2.75, 3.05) is 10.6 Å². The second-order valence-electron chi connectivity index (χ2n) is 6.45. The van der Waals surface area contributed by atoms with Crippen molar-refractivity contribution >= 4 is 28.2 Å². The number of nitrogens with one attached hydrogen (secondary N) is 2. The van der Waals surface area contributed by atoms with Crippen LogP contribution in [0.1, 0.15) is 34.5 Å². The van der Waals surface area contributed by atoms with Gasteiger partial charge >= 0.3 is 0 Å². The van der Waals surface area contributed by atoms with Crippen molar-refractivity contribution in [2.24, 2.45) is 0 Å². The molecule has 0 bridgehead atoms. The number of rotatable bonds is 7. The van der Waals surface area contributed by atoms with Gasteiger partial charge in [-0.25, -0.2) is 4.98 Å². The van der Waals surface area contributed by atoms with Crippen LogP contribution in [0.2, 0.25) is 0 Å². The number of carbonyl (C=O) groups is 1. The normalized spacial score (nSPS) is 11.8. The minimum Gasteiger partial charge on any atom is -0.363 e. The highest BCUT2D eigenvalue weighted by Gasteiger charge is 2.11. The molecule has 8 nitrogen and oxygen atoms in total. The average molecular weight is 405 g/mol. The van der Waals surface area contributed by atoms with Crippen LogP contribution in [0, 0.1) is 0 Å². The van der Waals surface area contributed by atoms with Gasteiger partial charge in [-0.15, -0.1) is 10.2 Å². The lowest BCUT2D eigenvalue weighted by Crippen LogP contribution is -2.13. The Balaban J connectivity index is 1.36. The van der Waals surface area contributed by atoms with E-state index >= 15 is 0 Å². The minimum absolute atomic E-state index is 0.0214. The minimum atomic E-state index is -0.268. The summed E-state index contributed by atoms with van der Waals surface area (Å²) in [4.78, 5) is 16.5. The van der Waals surface area contributed by atoms with E-state index in [1.165, 1.54) is 23.1 Å². The first-order valence-electron chi connectivity index (χ1n) is 9.04. The first-order chi connectivity index (χ1) is 14.2. The number of aromatic nitrogens is 5. The molecule has 3 aromatic heterocycles. The number of amides is 1. The number of nitrogens with zero attached hydrogens (tertiary/aromatic N) is 5. The molecule has 29 heavy (non-hydrogen) atoms. The second kappa shape index (κ2) is 8.61. The van der Waals surface area contributed by atoms with Gasteiger partial charge in [-0.2, -0.15) is 5.10 Å². The van der Waals surface area contributed by atoms with Crippen LogP contribution in [0.4, 0.5) is 10.9 Å². The number of carbonyl (C=O) groups excluding carboxylic acids is 1. The van der Waals surface area contributed by atoms with Crippen LogP contribution in [0.3, 0.4) is 0 Å². The van der Waals surface area contributed by atoms with Crippen molar-refractivity contribution in [1.82, 2.24) is 25.0 Å². The van der Waals surface area contributed by atoms with E-state index < -0.39 is 0 Å². The van der Waals surface area contributed by atoms with Gasteiger partial charge in [0.2, 0.25) is 5.13 Å². The summed E-state index contributed by atoms with van der Waals surface area (Å²) in [7, 11) is 0. The van der Waals surface area contributed by atoms with Crippen molar-refractivity contribution in [3.8, 4) is 0 Å². The molecule has 0 saturated heterocycles. The van der Waals surface area contributed by atoms with Crippen LogP contribution in [-0.2, 0) is 6.54 Å². The molecule has 0 aliphatic heterocycles. The Bertz CT molecular complexity index is 1060. The SMILES string of the molecule is CC(Nc1ccc(C(=O)Nc2nncs2)cn1)c1cnn(Cc2ccccc2)c1. The highest BCUT2D eigenvalue weighted by Crippen LogP contribution is 2.18. The van der Waals surface area contributed by atoms with Gasteiger partial charge in [-0.3, -0.25) is 14.8 Å². The molecule has 0 fully saturated rings. The first kappa shape index (κ1) is 18.8. The summed E-state index contributed by atoms with van der Waals surface area (Å²) in [6.07, 6.45) is 5.41. The summed E-state index contributed by atoms with van der Waals surface area (Å²) in [6.45, 7) is 2.77. The molecule has 146 valence electrons. The standard InChI is InChI=1S/C20H19N7OS/c1-14(17-10-23-27(12-17)11-15-5-3-2-4-6-15)24-18-8-7-16(9-21-18)19(28)25-20-26-22-13-29-20/h2-10,12-14H,11H2,1H3,(H,21,24)(H,25,26,28). The summed E-state index contributed by atoms with van der Waals surface area (Å²) in [5, 5.41) is 18.4. The number of benzene rings is 1. The van der Waals surface area contributed by atoms with Crippen LogP contribution in [0.5, 0.6) is 0 Å². The Morgan fingerprint density at radius 3 is 2.76 bits per heavy atom. The largest absolute Gasteiger partial charge is 0.363 e. The first-order valence-corrected chi connectivity index (χ1v) is 9.92. The maximum Gasteiger partial charge on any atom is 0.259 e. The Morgan fingerprint density at radius 1 is 1.17 bits per heavy atom. The third-order valence-electron chi connectivity index (χ3n) is 4.31. The molecule has 0 aliphatic carbocycles. The van der Waals surface area contributed by atoms with E-state index in [0.717, 1.165) is 12.1 Å². The van der Waals surface area contributed by atoms with E-state index in [9.17, 15) is 4.79 Å². The Kier molecular flexibility index (Phi) is 5.57. The van der Waals surface area contributed by atoms with Gasteiger partial charge in [0, 0.05) is 18.0 Å². The molecule has 0 saturated carbocycles. The lowest BCUT2D eigenvalue weighted by molar-refractivity contribution is 0.102. The van der Waals surface area contributed by atoms with Crippen molar-refractivity contribution < 1.29 is 4.79 Å². The molecule has 2 N–H and O–H groups in total. The third kappa shape index (κ3) is 4.82. The number of pyridine rings is 1. The molecule has 1 atom stereocenters. The van der Waals surface area contributed by atoms with Crippen molar-refractivity contribution in [2.45, 2.75) is 19.5 Å². The molecule has 1 amide bonds. The van der Waals surface area contributed by atoms with Gasteiger partial charge in [-0.05, 0) is 24.6 Å². The van der Waals surface area contributed by atoms with Gasteiger partial charge in [0.05, 0.1) is 24.3 Å². The summed E-state index contributed by atoms with van der Waals surface area (Å²) in [6, 6.07) is 13.7. The quantitative estimate of drug-likeness (QED) is 0.488. The summed E-state index contributed by atoms with van der Waals surface area (Å²) < 4.78 is 1.91. The summed E-state index contributed by atoms with van der Waals surface area (Å²) >= 11 is 1.26. The lowest BCUT2D eigenvalue weighted by Gasteiger charge is -2.13. The van der Waals surface area contributed by atoms with Crippen molar-refractivity contribution in [3.05, 3.63) is 83.3 Å². The second-order valence-corrected chi connectivity index (χ2v) is 7.29. The molecular formula is C20H19N7OS. The highest BCUT2D eigenvalue weighted by atomic mass is 32.1. The fourth-order valence-corrected chi connectivity index (χ4v) is 3.22. The van der Waals surface area contributed by atoms with Crippen LogP contribution in [-0.4, -0.2) is 30.9 Å². The van der Waals surface area contributed by atoms with Crippen LogP contribution in [0.15, 0.2) is 66.6 Å².